The molecule has 0 aliphatic carbocycles. The second kappa shape index (κ2) is 19.8. The van der Waals surface area contributed by atoms with Gasteiger partial charge in [0.05, 0.1) is 10.3 Å². The molecule has 0 radical (unpaired) electrons. The number of hydrogen-bond donors (Lipinski definition) is 2. The first kappa shape index (κ1) is 52.4. The molecule has 14 nitrogen and oxygen atoms in total. The summed E-state index contributed by atoms with van der Waals surface area (Å²) in [6.07, 6.45) is 14.0. The van der Waals surface area contributed by atoms with Crippen LogP contribution in [0, 0.1) is 6.92 Å². The summed E-state index contributed by atoms with van der Waals surface area (Å²) >= 11 is 0. The third-order valence-corrected chi connectivity index (χ3v) is 18.1. The number of anilines is 1. The highest BCUT2D eigenvalue weighted by molar-refractivity contribution is 7.86. The molecule has 394 valence electrons. The van der Waals surface area contributed by atoms with E-state index in [0.717, 1.165) is 80.5 Å². The topological polar surface area (TPSA) is 183 Å². The largest absolute Gasteiger partial charge is 0.464 e. The number of carbonyl (C=O) groups is 2. The van der Waals surface area contributed by atoms with E-state index >= 15 is 0 Å². The number of benzene rings is 5. The summed E-state index contributed by atoms with van der Waals surface area (Å²) in [5.41, 5.74) is 6.16. The van der Waals surface area contributed by atoms with Crippen LogP contribution < -0.4 is 4.90 Å². The molecule has 5 aromatic carbocycles. The summed E-state index contributed by atoms with van der Waals surface area (Å²) in [6, 6.07) is 25.7. The van der Waals surface area contributed by atoms with E-state index in [9.17, 15) is 35.5 Å². The Morgan fingerprint density at radius 2 is 1.53 bits per heavy atom. The van der Waals surface area contributed by atoms with E-state index in [-0.39, 0.29) is 65.2 Å². The number of esters is 2. The molecule has 2 N–H and O–H groups in total. The van der Waals surface area contributed by atoms with E-state index in [1.165, 1.54) is 12.1 Å². The van der Waals surface area contributed by atoms with Gasteiger partial charge in [0, 0.05) is 77.8 Å². The monoisotopic (exact) mass is 1060 g/mol. The predicted molar refractivity (Wildman–Crippen MR) is 289 cm³/mol. The van der Waals surface area contributed by atoms with Crippen LogP contribution in [0.5, 0.6) is 0 Å². The number of hydrogen-bond acceptors (Lipinski definition) is 11. The van der Waals surface area contributed by atoms with Crippen LogP contribution in [-0.2, 0) is 54.9 Å². The Morgan fingerprint density at radius 1 is 0.813 bits per heavy atom. The Labute approximate surface area is 439 Å². The Hall–Kier alpha value is -6.01. The van der Waals surface area contributed by atoms with E-state index in [0.29, 0.717) is 31.3 Å². The van der Waals surface area contributed by atoms with E-state index in [2.05, 4.69) is 74.3 Å². The molecule has 75 heavy (non-hydrogen) atoms. The molecule has 0 aromatic heterocycles. The van der Waals surface area contributed by atoms with Crippen LogP contribution in [0.25, 0.3) is 21.5 Å². The Balaban J connectivity index is 0.840. The van der Waals surface area contributed by atoms with Gasteiger partial charge in [0.1, 0.15) is 42.3 Å². The Kier molecular flexibility index (Phi) is 13.9. The van der Waals surface area contributed by atoms with Crippen molar-refractivity contribution in [3.05, 3.63) is 143 Å². The summed E-state index contributed by atoms with van der Waals surface area (Å²) in [4.78, 5) is 31.3. The molecule has 5 heterocycles. The lowest BCUT2D eigenvalue weighted by atomic mass is 9.78. The van der Waals surface area contributed by atoms with E-state index in [1.54, 1.807) is 18.2 Å². The molecule has 0 spiro atoms. The predicted octanol–water partition coefficient (Wildman–Crippen LogP) is 10.0. The fraction of sp³-hybridized carbons (Fsp3) is 0.407. The highest BCUT2D eigenvalue weighted by atomic mass is 32.2. The van der Waals surface area contributed by atoms with Crippen LogP contribution in [0.3, 0.4) is 0 Å². The van der Waals surface area contributed by atoms with Crippen molar-refractivity contribution in [2.24, 2.45) is 0 Å². The number of ether oxygens (including phenoxy) is 3. The normalized spacial score (nSPS) is 23.6. The van der Waals surface area contributed by atoms with Crippen molar-refractivity contribution >= 4 is 70.8 Å². The lowest BCUT2D eigenvalue weighted by Crippen LogP contribution is -2.48. The number of piperidine rings is 1. The number of allylic oxidation sites excluding steroid dienone is 6. The molecule has 6 atom stereocenters. The number of rotatable bonds is 17. The molecule has 0 saturated carbocycles. The molecule has 2 unspecified atom stereocenters. The van der Waals surface area contributed by atoms with Crippen LogP contribution in [0.1, 0.15) is 101 Å². The number of epoxide rings is 1. The quantitative estimate of drug-likeness (QED) is 0.0224. The molecular formula is C59H66N3O11S2+. The molecule has 2 bridgehead atoms. The number of aryl methyl sites for hydroxylation is 1. The maximum Gasteiger partial charge on any atom is 0.317 e. The third-order valence-electron chi connectivity index (χ3n) is 16.3. The van der Waals surface area contributed by atoms with Crippen LogP contribution in [0.2, 0.25) is 0 Å². The molecule has 3 fully saturated rings. The minimum atomic E-state index is -4.47. The van der Waals surface area contributed by atoms with Gasteiger partial charge in [-0.05, 0) is 117 Å². The first-order chi connectivity index (χ1) is 35.6. The minimum Gasteiger partial charge on any atom is -0.464 e. The number of likely N-dealkylation sites (N-methyl/N-ethyl adjacent to an activating group) is 1. The van der Waals surface area contributed by atoms with Crippen molar-refractivity contribution in [2.45, 2.75) is 137 Å². The molecule has 10 rings (SSSR count). The lowest BCUT2D eigenvalue weighted by Gasteiger charge is -2.38. The Bertz CT molecular complexity index is 3470. The van der Waals surface area contributed by atoms with Crippen LogP contribution in [0.4, 0.5) is 11.4 Å². The number of unbranched alkanes of at least 4 members (excludes halogenated alkanes) is 2. The van der Waals surface area contributed by atoms with Gasteiger partial charge < -0.3 is 19.1 Å². The van der Waals surface area contributed by atoms with Gasteiger partial charge >= 0.3 is 11.9 Å². The number of nitrogens with zero attached hydrogens (tertiary/aromatic N) is 3. The molecule has 5 aliphatic heterocycles. The zero-order valence-electron chi connectivity index (χ0n) is 43.5. The maximum absolute atomic E-state index is 13.7. The van der Waals surface area contributed by atoms with Gasteiger partial charge in [0.15, 0.2) is 5.71 Å². The number of morpholine rings is 1. The van der Waals surface area contributed by atoms with Gasteiger partial charge in [-0.3, -0.25) is 23.6 Å². The average molecular weight is 1060 g/mol. The fourth-order valence-electron chi connectivity index (χ4n) is 12.7. The van der Waals surface area contributed by atoms with Crippen LogP contribution >= 0.6 is 0 Å². The van der Waals surface area contributed by atoms with Crippen molar-refractivity contribution in [2.75, 3.05) is 31.6 Å². The lowest BCUT2D eigenvalue weighted by molar-refractivity contribution is -0.433. The molecule has 16 heteroatoms. The highest BCUT2D eigenvalue weighted by Gasteiger charge is 2.63. The van der Waals surface area contributed by atoms with Crippen molar-refractivity contribution in [3.8, 4) is 0 Å². The molecule has 3 saturated heterocycles. The number of carbonyl (C=O) groups excluding carboxylic acids is 2. The van der Waals surface area contributed by atoms with Crippen molar-refractivity contribution < 1.29 is 54.3 Å². The summed E-state index contributed by atoms with van der Waals surface area (Å²) in [5, 5.41) is 2.81. The number of fused-ring (bicyclic) bond motifs is 11. The SMILES string of the molecule is CC[N+]1=C(/C=C/C=C/C=C2/N(CCCCCC(=O)OC[C@@H](C(=O)O[C@H]3CC4C5O[C@@H]5[C@H](C3)N4C)c3ccccc3)c3ccc4ccc(S(=O)(=O)O)cc4c3C2(C)C)C(C)(C)c2c1ccc1c(S(=O)(=O)O)cc(C)cc21. The van der Waals surface area contributed by atoms with Crippen molar-refractivity contribution in [1.82, 2.24) is 4.90 Å². The zero-order valence-corrected chi connectivity index (χ0v) is 45.2. The summed E-state index contributed by atoms with van der Waals surface area (Å²) in [6.45, 7) is 13.5. The third kappa shape index (κ3) is 9.78. The van der Waals surface area contributed by atoms with Crippen molar-refractivity contribution in [3.63, 3.8) is 0 Å². The van der Waals surface area contributed by atoms with Crippen LogP contribution in [-0.4, -0.2) is 110 Å². The van der Waals surface area contributed by atoms with Crippen LogP contribution in [0.15, 0.2) is 131 Å². The van der Waals surface area contributed by atoms with Gasteiger partial charge in [-0.1, -0.05) is 87.0 Å². The van der Waals surface area contributed by atoms with E-state index in [1.807, 2.05) is 73.7 Å². The first-order valence-corrected chi connectivity index (χ1v) is 28.8. The second-order valence-electron chi connectivity index (χ2n) is 21.8. The highest BCUT2D eigenvalue weighted by Crippen LogP contribution is 2.52. The zero-order chi connectivity index (χ0) is 53.4. The van der Waals surface area contributed by atoms with Gasteiger partial charge in [-0.25, -0.2) is 0 Å². The molecule has 5 aromatic rings. The van der Waals surface area contributed by atoms with Gasteiger partial charge in [-0.15, -0.1) is 0 Å². The standard InChI is InChI=1S/C59H65N3O11S2/c1-8-61-45-28-26-41-43(30-36(2)31-49(41)75(68,69)70)54(45)58(3,4)50(61)20-14-10-15-21-51-59(5,6)53-42-34-40(74(65,66)67)25-23-38(42)24-27-46(53)62(51)29-17-11-16-22-52(63)71-35-44(37-18-12-9-13-19-37)57(64)72-39-32-47-55-56(73-55)48(33-39)60(47)7/h9-10,12-15,18-21,23-28,30-31,34,39,44,47-48,55-56H,8,11,16-17,22,29,32-33,35H2,1-7H3,(H-,65,66,67,68,69,70)/p+1/t39-,44-,47+,48?,55-,56?/m1/s1. The van der Waals surface area contributed by atoms with Gasteiger partial charge in [-0.2, -0.15) is 21.4 Å². The smallest absolute Gasteiger partial charge is 0.317 e. The molecule has 5 aliphatic rings. The molecular weight excluding hydrogens is 991 g/mol. The van der Waals surface area contributed by atoms with E-state index < -0.39 is 37.0 Å². The van der Waals surface area contributed by atoms with Crippen molar-refractivity contribution in [1.29, 1.82) is 0 Å². The average Bonchev–Trinajstić information content (AvgIpc) is 4.08. The maximum atomic E-state index is 13.7. The summed E-state index contributed by atoms with van der Waals surface area (Å²) < 4.78 is 89.9. The van der Waals surface area contributed by atoms with E-state index in [4.69, 9.17) is 14.2 Å². The molecule has 0 amide bonds. The minimum absolute atomic E-state index is 0.108. The first-order valence-electron chi connectivity index (χ1n) is 26.0. The second-order valence-corrected chi connectivity index (χ2v) is 24.6. The summed E-state index contributed by atoms with van der Waals surface area (Å²) in [7, 11) is -6.83. The fourth-order valence-corrected chi connectivity index (χ4v) is 14.0. The van der Waals surface area contributed by atoms with Gasteiger partial charge in [0.25, 0.3) is 20.2 Å². The summed E-state index contributed by atoms with van der Waals surface area (Å²) in [5.74, 6) is -1.52. The Morgan fingerprint density at radius 3 is 2.23 bits per heavy atom. The van der Waals surface area contributed by atoms with Gasteiger partial charge in [0.2, 0.25) is 5.69 Å².